The van der Waals surface area contributed by atoms with Crippen LogP contribution in [0.25, 0.3) is 0 Å². The summed E-state index contributed by atoms with van der Waals surface area (Å²) in [6.45, 7) is 3.68. The van der Waals surface area contributed by atoms with Crippen LogP contribution < -0.4 is 0 Å². The fourth-order valence-corrected chi connectivity index (χ4v) is 2.60. The second kappa shape index (κ2) is 4.84. The van der Waals surface area contributed by atoms with Gasteiger partial charge in [0.2, 0.25) is 0 Å². The van der Waals surface area contributed by atoms with Crippen LogP contribution in [0.15, 0.2) is 42.6 Å². The first-order chi connectivity index (χ1) is 9.29. The van der Waals surface area contributed by atoms with E-state index in [1.54, 1.807) is 0 Å². The molecule has 0 aliphatic carbocycles. The minimum absolute atomic E-state index is 0.614. The Balaban J connectivity index is 1.85. The normalized spacial score (nSPS) is 13.7. The molecular formula is C16H17N3. The summed E-state index contributed by atoms with van der Waals surface area (Å²) in [6.07, 6.45) is 2.82. The van der Waals surface area contributed by atoms with Crippen molar-refractivity contribution in [2.45, 2.75) is 26.4 Å². The molecule has 0 saturated carbocycles. The lowest BCUT2D eigenvalue weighted by Crippen LogP contribution is -2.24. The summed E-state index contributed by atoms with van der Waals surface area (Å²) < 4.78 is 0. The van der Waals surface area contributed by atoms with E-state index in [0.717, 1.165) is 30.8 Å². The number of aryl methyl sites for hydroxylation is 1. The highest BCUT2D eigenvalue weighted by atomic mass is 15.2. The van der Waals surface area contributed by atoms with E-state index >= 15 is 0 Å². The zero-order valence-corrected chi connectivity index (χ0v) is 11.1. The van der Waals surface area contributed by atoms with Crippen molar-refractivity contribution in [1.29, 1.82) is 5.41 Å². The fourth-order valence-electron chi connectivity index (χ4n) is 2.60. The molecule has 0 unspecified atom stereocenters. The van der Waals surface area contributed by atoms with Gasteiger partial charge in [0.15, 0.2) is 0 Å². The van der Waals surface area contributed by atoms with E-state index in [2.05, 4.69) is 28.9 Å². The molecule has 3 nitrogen and oxygen atoms in total. The van der Waals surface area contributed by atoms with Crippen molar-refractivity contribution in [3.05, 3.63) is 65.0 Å². The van der Waals surface area contributed by atoms with E-state index < -0.39 is 0 Å². The van der Waals surface area contributed by atoms with E-state index in [0.29, 0.717) is 5.84 Å². The maximum atomic E-state index is 8.26. The van der Waals surface area contributed by atoms with Crippen molar-refractivity contribution in [3.63, 3.8) is 0 Å². The Morgan fingerprint density at radius 2 is 2.05 bits per heavy atom. The lowest BCUT2D eigenvalue weighted by molar-refractivity contribution is 0.414. The fraction of sp³-hybridized carbons (Fsp3) is 0.250. The summed E-state index contributed by atoms with van der Waals surface area (Å²) in [4.78, 5) is 6.56. The van der Waals surface area contributed by atoms with Gasteiger partial charge in [-0.3, -0.25) is 10.4 Å². The highest BCUT2D eigenvalue weighted by Crippen LogP contribution is 2.24. The number of hydrogen-bond acceptors (Lipinski definition) is 2. The van der Waals surface area contributed by atoms with Crippen LogP contribution in [0.2, 0.25) is 0 Å². The molecule has 1 N–H and O–H groups in total. The molecule has 96 valence electrons. The zero-order chi connectivity index (χ0) is 13.2. The van der Waals surface area contributed by atoms with Crippen LogP contribution in [-0.4, -0.2) is 15.7 Å². The van der Waals surface area contributed by atoms with Crippen LogP contribution in [-0.2, 0) is 19.5 Å². The number of rotatable bonds is 3. The molecule has 0 amide bonds. The average molecular weight is 251 g/mol. The van der Waals surface area contributed by atoms with Gasteiger partial charge in [0.1, 0.15) is 5.84 Å². The van der Waals surface area contributed by atoms with Gasteiger partial charge in [-0.15, -0.1) is 0 Å². The van der Waals surface area contributed by atoms with Gasteiger partial charge in [-0.25, -0.2) is 0 Å². The van der Waals surface area contributed by atoms with Gasteiger partial charge in [-0.2, -0.15) is 0 Å². The second-order valence-electron chi connectivity index (χ2n) is 4.82. The van der Waals surface area contributed by atoms with Crippen LogP contribution in [0.5, 0.6) is 0 Å². The number of fused-ring (bicyclic) bond motifs is 1. The molecule has 2 aromatic rings. The number of aromatic nitrogens is 1. The smallest absolute Gasteiger partial charge is 0.129 e. The maximum absolute atomic E-state index is 8.26. The quantitative estimate of drug-likeness (QED) is 0.911. The Bertz CT molecular complexity index is 619. The van der Waals surface area contributed by atoms with Crippen LogP contribution in [0.1, 0.15) is 29.3 Å². The molecule has 2 heterocycles. The van der Waals surface area contributed by atoms with Crippen LogP contribution in [0, 0.1) is 5.41 Å². The molecule has 19 heavy (non-hydrogen) atoms. The van der Waals surface area contributed by atoms with Gasteiger partial charge >= 0.3 is 0 Å². The third kappa shape index (κ3) is 2.12. The number of nitrogens with zero attached hydrogens (tertiary/aromatic N) is 2. The van der Waals surface area contributed by atoms with E-state index in [1.165, 1.54) is 11.1 Å². The molecule has 1 aliphatic rings. The molecule has 1 aromatic heterocycles. The minimum Gasteiger partial charge on any atom is -0.346 e. The van der Waals surface area contributed by atoms with Crippen LogP contribution in [0.3, 0.4) is 0 Å². The third-order valence-corrected chi connectivity index (χ3v) is 3.66. The van der Waals surface area contributed by atoms with Crippen molar-refractivity contribution < 1.29 is 0 Å². The number of nitrogens with one attached hydrogen (secondary N) is 1. The first-order valence-electron chi connectivity index (χ1n) is 6.64. The number of benzene rings is 1. The summed E-state index contributed by atoms with van der Waals surface area (Å²) in [7, 11) is 0. The van der Waals surface area contributed by atoms with Crippen molar-refractivity contribution in [2.75, 3.05) is 0 Å². The molecule has 0 fully saturated rings. The molecule has 0 atom stereocenters. The Labute approximate surface area is 113 Å². The summed E-state index contributed by atoms with van der Waals surface area (Å²) in [5.74, 6) is 0.614. The lowest BCUT2D eigenvalue weighted by atomic mass is 10.1. The van der Waals surface area contributed by atoms with Crippen molar-refractivity contribution in [2.24, 2.45) is 0 Å². The van der Waals surface area contributed by atoms with Crippen molar-refractivity contribution in [3.8, 4) is 0 Å². The summed E-state index contributed by atoms with van der Waals surface area (Å²) >= 11 is 0. The third-order valence-electron chi connectivity index (χ3n) is 3.66. The van der Waals surface area contributed by atoms with Gasteiger partial charge in [0, 0.05) is 18.3 Å². The molecular weight excluding hydrogens is 234 g/mol. The van der Waals surface area contributed by atoms with E-state index in [1.807, 2.05) is 30.5 Å². The first-order valence-corrected chi connectivity index (χ1v) is 6.64. The molecule has 0 spiro atoms. The van der Waals surface area contributed by atoms with Crippen LogP contribution in [0.4, 0.5) is 0 Å². The Hall–Kier alpha value is -2.16. The monoisotopic (exact) mass is 251 g/mol. The SMILES string of the molecule is CCc1cccnc1CN1Cc2ccccc2C1=N. The molecule has 1 aliphatic heterocycles. The van der Waals surface area contributed by atoms with Gasteiger partial charge in [0.25, 0.3) is 0 Å². The zero-order valence-electron chi connectivity index (χ0n) is 11.1. The Kier molecular flexibility index (Phi) is 3.03. The minimum atomic E-state index is 0.614. The molecule has 3 rings (SSSR count). The molecule has 0 radical (unpaired) electrons. The predicted molar refractivity (Wildman–Crippen MR) is 76.1 cm³/mol. The van der Waals surface area contributed by atoms with E-state index in [-0.39, 0.29) is 0 Å². The lowest BCUT2D eigenvalue weighted by Gasteiger charge is -2.18. The van der Waals surface area contributed by atoms with Gasteiger partial charge < -0.3 is 4.90 Å². The summed E-state index contributed by atoms with van der Waals surface area (Å²) in [5, 5.41) is 8.26. The Morgan fingerprint density at radius 3 is 2.84 bits per heavy atom. The number of hydrogen-bond donors (Lipinski definition) is 1. The number of pyridine rings is 1. The van der Waals surface area contributed by atoms with Gasteiger partial charge in [-0.05, 0) is 23.6 Å². The van der Waals surface area contributed by atoms with Crippen molar-refractivity contribution >= 4 is 5.84 Å². The standard InChI is InChI=1S/C16H17N3/c1-2-12-7-5-9-18-15(12)11-19-10-13-6-3-4-8-14(13)16(19)17/h3-9,17H,2,10-11H2,1H3. The molecule has 0 saturated heterocycles. The maximum Gasteiger partial charge on any atom is 0.129 e. The summed E-state index contributed by atoms with van der Waals surface area (Å²) in [6, 6.07) is 12.3. The summed E-state index contributed by atoms with van der Waals surface area (Å²) in [5.41, 5.74) is 4.65. The van der Waals surface area contributed by atoms with Gasteiger partial charge in [-0.1, -0.05) is 37.3 Å². The highest BCUT2D eigenvalue weighted by molar-refractivity contribution is 6.00. The van der Waals surface area contributed by atoms with Crippen molar-refractivity contribution in [1.82, 2.24) is 9.88 Å². The molecule has 3 heteroatoms. The van der Waals surface area contributed by atoms with Gasteiger partial charge in [0.05, 0.1) is 12.2 Å². The average Bonchev–Trinajstić information content (AvgIpc) is 2.77. The highest BCUT2D eigenvalue weighted by Gasteiger charge is 2.24. The Morgan fingerprint density at radius 1 is 1.21 bits per heavy atom. The molecule has 0 bridgehead atoms. The topological polar surface area (TPSA) is 40.0 Å². The second-order valence-corrected chi connectivity index (χ2v) is 4.82. The van der Waals surface area contributed by atoms with E-state index in [4.69, 9.17) is 5.41 Å². The van der Waals surface area contributed by atoms with Crippen LogP contribution >= 0.6 is 0 Å². The largest absolute Gasteiger partial charge is 0.346 e. The predicted octanol–water partition coefficient (Wildman–Crippen LogP) is 2.99. The molecule has 1 aromatic carbocycles. The first kappa shape index (κ1) is 11.9. The van der Waals surface area contributed by atoms with E-state index in [9.17, 15) is 0 Å². The number of amidine groups is 1.